The molecule has 4 heterocycles. The number of carbonyl (C=O) groups excluding carboxylic acids is 1. The van der Waals surface area contributed by atoms with E-state index in [9.17, 15) is 4.79 Å². The predicted octanol–water partition coefficient (Wildman–Crippen LogP) is 1.77. The Balaban J connectivity index is 1.26. The molecule has 2 aromatic rings. The van der Waals surface area contributed by atoms with Gasteiger partial charge in [-0.05, 0) is 49.5 Å². The van der Waals surface area contributed by atoms with Crippen molar-refractivity contribution >= 4 is 11.9 Å². The number of hydrogen-bond donors (Lipinski definition) is 1. The number of nitrogens with one attached hydrogen (secondary N) is 1. The van der Waals surface area contributed by atoms with E-state index in [4.69, 9.17) is 4.52 Å². The molecule has 2 aliphatic rings. The normalized spacial score (nSPS) is 21.6. The quantitative estimate of drug-likeness (QED) is 0.840. The lowest BCUT2D eigenvalue weighted by molar-refractivity contribution is -0.127. The molecular weight excluding hydrogens is 356 g/mol. The summed E-state index contributed by atoms with van der Waals surface area (Å²) in [6.45, 7) is 6.10. The Labute approximate surface area is 165 Å². The minimum atomic E-state index is 0.0651. The van der Waals surface area contributed by atoms with E-state index >= 15 is 0 Å². The average Bonchev–Trinajstić information content (AvgIpc) is 3.19. The van der Waals surface area contributed by atoms with E-state index in [1.54, 1.807) is 6.20 Å². The summed E-state index contributed by atoms with van der Waals surface area (Å²) in [5, 5.41) is 7.09. The minimum Gasteiger partial charge on any atom is -0.350 e. The standard InChI is InChI=1S/C20H28N6O2/c1-15-23-20(24-28-15)25-11-7-18(8-12-25)26-10-4-5-16(14-26)19(27)22-13-17-6-2-3-9-21-17/h2-3,6,9,16,18H,4-5,7-8,10-14H2,1H3,(H,22,27)/t16-/m1/s1. The fourth-order valence-corrected chi connectivity index (χ4v) is 4.22. The smallest absolute Gasteiger partial charge is 0.266 e. The molecule has 0 saturated carbocycles. The Kier molecular flexibility index (Phi) is 5.85. The summed E-state index contributed by atoms with van der Waals surface area (Å²) in [5.41, 5.74) is 0.896. The second kappa shape index (κ2) is 8.68. The van der Waals surface area contributed by atoms with Crippen molar-refractivity contribution in [2.75, 3.05) is 31.1 Å². The summed E-state index contributed by atoms with van der Waals surface area (Å²) >= 11 is 0. The fourth-order valence-electron chi connectivity index (χ4n) is 4.22. The Bertz CT molecular complexity index is 772. The topological polar surface area (TPSA) is 87.4 Å². The molecule has 4 rings (SSSR count). The van der Waals surface area contributed by atoms with Crippen molar-refractivity contribution in [2.24, 2.45) is 5.92 Å². The lowest BCUT2D eigenvalue weighted by atomic mass is 9.93. The maximum Gasteiger partial charge on any atom is 0.266 e. The van der Waals surface area contributed by atoms with Gasteiger partial charge in [-0.3, -0.25) is 14.7 Å². The van der Waals surface area contributed by atoms with Crippen molar-refractivity contribution in [1.82, 2.24) is 25.3 Å². The van der Waals surface area contributed by atoms with Crippen LogP contribution in [0.3, 0.4) is 0 Å². The van der Waals surface area contributed by atoms with E-state index < -0.39 is 0 Å². The van der Waals surface area contributed by atoms with Crippen LogP contribution in [0, 0.1) is 12.8 Å². The van der Waals surface area contributed by atoms with Crippen molar-refractivity contribution in [3.63, 3.8) is 0 Å². The average molecular weight is 384 g/mol. The summed E-state index contributed by atoms with van der Waals surface area (Å²) in [4.78, 5) is 25.9. The van der Waals surface area contributed by atoms with Crippen molar-refractivity contribution in [2.45, 2.75) is 45.2 Å². The molecule has 1 N–H and O–H groups in total. The van der Waals surface area contributed by atoms with Gasteiger partial charge in [-0.25, -0.2) is 0 Å². The molecule has 28 heavy (non-hydrogen) atoms. The number of anilines is 1. The van der Waals surface area contributed by atoms with Crippen LogP contribution in [0.15, 0.2) is 28.9 Å². The second-order valence-electron chi connectivity index (χ2n) is 7.70. The summed E-state index contributed by atoms with van der Waals surface area (Å²) in [6.07, 6.45) is 5.93. The van der Waals surface area contributed by atoms with Crippen LogP contribution in [0.4, 0.5) is 5.95 Å². The number of pyridine rings is 1. The van der Waals surface area contributed by atoms with Gasteiger partial charge in [0.1, 0.15) is 0 Å². The molecule has 0 aliphatic carbocycles. The van der Waals surface area contributed by atoms with Gasteiger partial charge in [-0.15, -0.1) is 0 Å². The highest BCUT2D eigenvalue weighted by Crippen LogP contribution is 2.25. The zero-order valence-corrected chi connectivity index (χ0v) is 16.4. The highest BCUT2D eigenvalue weighted by Gasteiger charge is 2.32. The first-order valence-corrected chi connectivity index (χ1v) is 10.2. The highest BCUT2D eigenvalue weighted by atomic mass is 16.5. The maximum atomic E-state index is 12.6. The first kappa shape index (κ1) is 18.9. The van der Waals surface area contributed by atoms with Crippen LogP contribution in [0.1, 0.15) is 37.3 Å². The molecule has 150 valence electrons. The number of nitrogens with zero attached hydrogens (tertiary/aromatic N) is 5. The zero-order valence-electron chi connectivity index (χ0n) is 16.4. The van der Waals surface area contributed by atoms with E-state index in [0.717, 1.165) is 57.6 Å². The third kappa shape index (κ3) is 4.49. The predicted molar refractivity (Wildman–Crippen MR) is 105 cm³/mol. The van der Waals surface area contributed by atoms with Crippen LogP contribution in [-0.2, 0) is 11.3 Å². The molecule has 2 saturated heterocycles. The summed E-state index contributed by atoms with van der Waals surface area (Å²) in [7, 11) is 0. The number of aromatic nitrogens is 3. The van der Waals surface area contributed by atoms with Crippen molar-refractivity contribution in [3.8, 4) is 0 Å². The van der Waals surface area contributed by atoms with Gasteiger partial charge in [0.05, 0.1) is 18.2 Å². The Morgan fingerprint density at radius 1 is 1.25 bits per heavy atom. The van der Waals surface area contributed by atoms with Crippen LogP contribution in [0.2, 0.25) is 0 Å². The molecule has 0 bridgehead atoms. The number of likely N-dealkylation sites (tertiary alicyclic amines) is 1. The van der Waals surface area contributed by atoms with Crippen molar-refractivity contribution < 1.29 is 9.32 Å². The number of amides is 1. The van der Waals surface area contributed by atoms with Crippen LogP contribution >= 0.6 is 0 Å². The molecule has 2 aromatic heterocycles. The molecule has 2 aliphatic heterocycles. The number of piperidine rings is 2. The molecule has 8 heteroatoms. The molecule has 1 atom stereocenters. The number of rotatable bonds is 5. The molecule has 2 fully saturated rings. The largest absolute Gasteiger partial charge is 0.350 e. The third-order valence-corrected chi connectivity index (χ3v) is 5.77. The first-order chi connectivity index (χ1) is 13.7. The fraction of sp³-hybridized carbons (Fsp3) is 0.600. The second-order valence-corrected chi connectivity index (χ2v) is 7.70. The van der Waals surface area contributed by atoms with E-state index in [1.807, 2.05) is 25.1 Å². The van der Waals surface area contributed by atoms with Gasteiger partial charge < -0.3 is 14.7 Å². The van der Waals surface area contributed by atoms with Gasteiger partial charge >= 0.3 is 0 Å². The van der Waals surface area contributed by atoms with Crippen molar-refractivity contribution in [3.05, 3.63) is 36.0 Å². The van der Waals surface area contributed by atoms with Crippen LogP contribution in [0.5, 0.6) is 0 Å². The van der Waals surface area contributed by atoms with Gasteiger partial charge in [0, 0.05) is 38.8 Å². The van der Waals surface area contributed by atoms with Gasteiger partial charge in [-0.1, -0.05) is 6.07 Å². The van der Waals surface area contributed by atoms with Gasteiger partial charge in [0.25, 0.3) is 5.95 Å². The SMILES string of the molecule is Cc1nc(N2CCC(N3CCC[C@@H](C(=O)NCc4ccccn4)C3)CC2)no1. The van der Waals surface area contributed by atoms with E-state index in [-0.39, 0.29) is 11.8 Å². The molecule has 0 spiro atoms. The number of carbonyl (C=O) groups is 1. The molecule has 1 amide bonds. The molecule has 8 nitrogen and oxygen atoms in total. The molecule has 0 radical (unpaired) electrons. The lowest BCUT2D eigenvalue weighted by Crippen LogP contribution is -2.51. The van der Waals surface area contributed by atoms with E-state index in [1.165, 1.54) is 0 Å². The summed E-state index contributed by atoms with van der Waals surface area (Å²) in [5.74, 6) is 1.51. The highest BCUT2D eigenvalue weighted by molar-refractivity contribution is 5.78. The van der Waals surface area contributed by atoms with Crippen LogP contribution < -0.4 is 10.2 Å². The third-order valence-electron chi connectivity index (χ3n) is 5.77. The van der Waals surface area contributed by atoms with E-state index in [0.29, 0.717) is 24.4 Å². The lowest BCUT2D eigenvalue weighted by Gasteiger charge is -2.41. The van der Waals surface area contributed by atoms with Crippen LogP contribution in [-0.4, -0.2) is 58.2 Å². The van der Waals surface area contributed by atoms with Crippen molar-refractivity contribution in [1.29, 1.82) is 0 Å². The number of hydrogen-bond acceptors (Lipinski definition) is 7. The van der Waals surface area contributed by atoms with Crippen LogP contribution in [0.25, 0.3) is 0 Å². The minimum absolute atomic E-state index is 0.0651. The molecular formula is C20H28N6O2. The van der Waals surface area contributed by atoms with Gasteiger partial charge in [0.15, 0.2) is 0 Å². The first-order valence-electron chi connectivity index (χ1n) is 10.2. The zero-order chi connectivity index (χ0) is 19.3. The Morgan fingerprint density at radius 3 is 2.82 bits per heavy atom. The van der Waals surface area contributed by atoms with Gasteiger partial charge in [0.2, 0.25) is 11.8 Å². The summed E-state index contributed by atoms with van der Waals surface area (Å²) < 4.78 is 5.09. The van der Waals surface area contributed by atoms with Gasteiger partial charge in [-0.2, -0.15) is 4.98 Å². The Hall–Kier alpha value is -2.48. The molecule has 0 aromatic carbocycles. The Morgan fingerprint density at radius 2 is 2.11 bits per heavy atom. The molecule has 0 unspecified atom stereocenters. The maximum absolute atomic E-state index is 12.6. The van der Waals surface area contributed by atoms with E-state index in [2.05, 4.69) is 30.2 Å². The number of aryl methyl sites for hydroxylation is 1. The monoisotopic (exact) mass is 384 g/mol. The summed E-state index contributed by atoms with van der Waals surface area (Å²) in [6, 6.07) is 6.29.